The number of hydrogen-bond donors (Lipinski definition) is 0. The van der Waals surface area contributed by atoms with E-state index in [4.69, 9.17) is 0 Å². The second-order valence-corrected chi connectivity index (χ2v) is 50.0. The first kappa shape index (κ1) is 137. The third kappa shape index (κ3) is 79.0. The van der Waals surface area contributed by atoms with Crippen LogP contribution in [0.4, 0.5) is 0 Å². The summed E-state index contributed by atoms with van der Waals surface area (Å²) in [6, 6.07) is 0. The number of unbranched alkanes of at least 4 members (excludes halogenated alkanes) is 7. The molecule has 0 radical (unpaired) electrons. The number of hydrogen-bond acceptors (Lipinski definition) is 18. The predicted octanol–water partition coefficient (Wildman–Crippen LogP) is 30.9. The Morgan fingerprint density at radius 2 is 0.408 bits per heavy atom. The molecule has 0 atom stereocenters. The average molecular weight is 2050 g/mol. The molecule has 27 nitrogen and oxygen atoms in total. The first-order valence-electron chi connectivity index (χ1n) is 59.7. The van der Waals surface area contributed by atoms with E-state index in [1.807, 2.05) is 49.7 Å². The van der Waals surface area contributed by atoms with E-state index in [0.717, 1.165) is 216 Å². The SMILES string of the molecule is CC(C)CCCCc1cn(CC(C)C)nn1.CC(C)CCCCc1cnnn1CC(C)C.CC(C)CCCCc1cnnn1CCC(C)C.CC(C)CCCCc1cnnn1CCCC(C)C.CC(C)CCCCn1cc(CC(C)C)nn1.CC(C)CCCCn1nncc1CC(C)C.CC(C)CCCCn1nncc1CCCC(C)C.CC(C)CCCn1cc(CC(C)C)nn1.CC(C)CCc1cn(CCC(C)C)nn1. The zero-order valence-electron chi connectivity index (χ0n) is 102. The van der Waals surface area contributed by atoms with Crippen molar-refractivity contribution in [1.29, 1.82) is 0 Å². The van der Waals surface area contributed by atoms with Crippen LogP contribution in [-0.4, -0.2) is 135 Å². The molecule has 147 heavy (non-hydrogen) atoms. The van der Waals surface area contributed by atoms with Gasteiger partial charge in [-0.1, -0.05) is 392 Å². The van der Waals surface area contributed by atoms with Crippen LogP contribution in [0.5, 0.6) is 0 Å². The van der Waals surface area contributed by atoms with Gasteiger partial charge in [-0.3, -0.25) is 18.7 Å². The van der Waals surface area contributed by atoms with Crippen molar-refractivity contribution in [2.75, 3.05) is 0 Å². The van der Waals surface area contributed by atoms with E-state index in [0.29, 0.717) is 29.6 Å². The lowest BCUT2D eigenvalue weighted by Crippen LogP contribution is -2.10. The molecule has 0 amide bonds. The van der Waals surface area contributed by atoms with Gasteiger partial charge in [0, 0.05) is 83.7 Å². The number of aromatic nitrogens is 27. The number of nitrogens with zero attached hydrogens (tertiary/aromatic N) is 27. The second kappa shape index (κ2) is 84.8. The Bertz CT molecular complexity index is 4170. The van der Waals surface area contributed by atoms with Gasteiger partial charge in [-0.2, -0.15) is 0 Å². The molecule has 27 heteroatoms. The van der Waals surface area contributed by atoms with Crippen LogP contribution in [0.25, 0.3) is 0 Å². The topological polar surface area (TPSA) is 276 Å². The first-order chi connectivity index (χ1) is 69.8. The third-order valence-electron chi connectivity index (χ3n) is 25.2. The first-order valence-corrected chi connectivity index (χ1v) is 59.7. The van der Waals surface area contributed by atoms with Crippen molar-refractivity contribution in [1.82, 2.24) is 135 Å². The summed E-state index contributed by atoms with van der Waals surface area (Å²) in [4.78, 5) is 0. The molecule has 0 aliphatic carbocycles. The van der Waals surface area contributed by atoms with Gasteiger partial charge < -0.3 is 0 Å². The highest BCUT2D eigenvalue weighted by Crippen LogP contribution is 2.21. The Morgan fingerprint density at radius 1 is 0.163 bits per heavy atom. The van der Waals surface area contributed by atoms with Gasteiger partial charge in [0.05, 0.1) is 82.2 Å². The van der Waals surface area contributed by atoms with Crippen molar-refractivity contribution in [2.45, 2.75) is 559 Å². The Morgan fingerprint density at radius 3 is 0.776 bits per heavy atom. The molecule has 0 aromatic carbocycles. The van der Waals surface area contributed by atoms with E-state index >= 15 is 0 Å². The highest BCUT2D eigenvalue weighted by atomic mass is 15.5. The largest absolute Gasteiger partial charge is 0.252 e. The van der Waals surface area contributed by atoms with Gasteiger partial charge in [-0.05, 0) is 261 Å². The zero-order chi connectivity index (χ0) is 110. The van der Waals surface area contributed by atoms with Crippen LogP contribution in [0, 0.1) is 107 Å². The van der Waals surface area contributed by atoms with E-state index in [-0.39, 0.29) is 0 Å². The van der Waals surface area contributed by atoms with Gasteiger partial charge >= 0.3 is 0 Å². The summed E-state index contributed by atoms with van der Waals surface area (Å²) in [6.45, 7) is 90.2. The van der Waals surface area contributed by atoms with Crippen molar-refractivity contribution in [2.24, 2.45) is 107 Å². The highest BCUT2D eigenvalue weighted by Gasteiger charge is 2.15. The minimum Gasteiger partial charge on any atom is -0.252 e. The van der Waals surface area contributed by atoms with Gasteiger partial charge in [0.1, 0.15) is 0 Å². The van der Waals surface area contributed by atoms with Crippen molar-refractivity contribution >= 4 is 0 Å². The number of rotatable bonds is 66. The van der Waals surface area contributed by atoms with E-state index in [1.54, 1.807) is 0 Å². The molecular formula is C120H231N27. The van der Waals surface area contributed by atoms with Crippen molar-refractivity contribution in [3.05, 3.63) is 107 Å². The molecule has 846 valence electrons. The van der Waals surface area contributed by atoms with Crippen LogP contribution in [0.1, 0.15) is 493 Å². The Kier molecular flexibility index (Phi) is 79.2. The van der Waals surface area contributed by atoms with E-state index < -0.39 is 0 Å². The summed E-state index contributed by atoms with van der Waals surface area (Å²) >= 11 is 0. The van der Waals surface area contributed by atoms with Gasteiger partial charge in [0.2, 0.25) is 0 Å². The minimum absolute atomic E-state index is 0.635. The van der Waals surface area contributed by atoms with Gasteiger partial charge in [-0.25, -0.2) is 23.4 Å². The van der Waals surface area contributed by atoms with Crippen molar-refractivity contribution in [3.8, 4) is 0 Å². The highest BCUT2D eigenvalue weighted by molar-refractivity contribution is 5.00. The molecule has 0 saturated heterocycles. The predicted molar refractivity (Wildman–Crippen MR) is 619 cm³/mol. The molecule has 9 rings (SSSR count). The quantitative estimate of drug-likeness (QED) is 0.0320. The Balaban J connectivity index is 0.000000827. The molecule has 0 spiro atoms. The number of aryl methyl sites for hydroxylation is 13. The van der Waals surface area contributed by atoms with Crippen LogP contribution in [-0.2, 0) is 117 Å². The fraction of sp³-hybridized carbons (Fsp3) is 0.850. The lowest BCUT2D eigenvalue weighted by Gasteiger charge is -2.08. The second-order valence-electron chi connectivity index (χ2n) is 50.0. The van der Waals surface area contributed by atoms with Crippen LogP contribution in [0.2, 0.25) is 0 Å². The average Bonchev–Trinajstić information content (AvgIpc) is 1.78. The van der Waals surface area contributed by atoms with E-state index in [2.05, 4.69) is 390 Å². The molecule has 0 aliphatic rings. The smallest absolute Gasteiger partial charge is 0.0829 e. The summed E-state index contributed by atoms with van der Waals surface area (Å²) in [5, 5.41) is 74.3. The summed E-state index contributed by atoms with van der Waals surface area (Å²) in [6.07, 6.45) is 65.8. The summed E-state index contributed by atoms with van der Waals surface area (Å²) in [5.41, 5.74) is 11.0. The minimum atomic E-state index is 0.635. The zero-order valence-corrected chi connectivity index (χ0v) is 102. The van der Waals surface area contributed by atoms with Gasteiger partial charge in [-0.15, -0.1) is 45.9 Å². The molecule has 0 aliphatic heterocycles. The van der Waals surface area contributed by atoms with E-state index in [9.17, 15) is 0 Å². The summed E-state index contributed by atoms with van der Waals surface area (Å²) in [5.74, 6) is 13.5. The molecule has 0 bridgehead atoms. The molecule has 0 saturated carbocycles. The maximum Gasteiger partial charge on any atom is 0.0829 e. The Labute approximate surface area is 901 Å². The monoisotopic (exact) mass is 2050 g/mol. The van der Waals surface area contributed by atoms with Crippen molar-refractivity contribution in [3.63, 3.8) is 0 Å². The summed E-state index contributed by atoms with van der Waals surface area (Å²) < 4.78 is 18.3. The third-order valence-corrected chi connectivity index (χ3v) is 25.2. The fourth-order valence-electron chi connectivity index (χ4n) is 16.5. The van der Waals surface area contributed by atoms with Crippen LogP contribution >= 0.6 is 0 Å². The molecule has 9 aromatic heterocycles. The van der Waals surface area contributed by atoms with Gasteiger partial charge in [0.15, 0.2) is 0 Å². The standard InChI is InChI=1S/2C15H29N3.C14H27N3.4C13H25N3.2C12H23N3/c1-13(2)8-5-6-11-18-15(12-16-17-18)10-7-9-14(3)4;1-13(2)8-5-6-10-15-12-16-17-18(15)11-7-9-14(3)4;1-12(2)7-5-6-8-14-11-15-16-17(14)10-9-13(3)4;1-11(2)7-5-6-8-13-9-14-15-16(13)10-12(3)4;1-11(2)7-5-6-8-16-10-13(14-15-16)9-12(3)4;1-11(2)7-5-6-8-16-13(9-12(3)4)10-14-15-16;1-11(2)7-5-6-8-13-10-16(15-14-13)9-12(3)4;1-10(2)5-6-12-9-15(14-13-12)8-7-11(3)4;1-10(2)6-5-7-15-9-12(13-14-15)8-11(3)4/h2*12-14H,5-11H2,1-4H3;11-13H,5-10H2,1-4H3;9,11-12H,5-8,10H2,1-4H3;3*10-12H,5-9H2,1-4H3;2*9-11H,5-8H2,1-4H3. The van der Waals surface area contributed by atoms with Crippen LogP contribution in [0.3, 0.4) is 0 Å². The van der Waals surface area contributed by atoms with Crippen LogP contribution in [0.15, 0.2) is 55.8 Å². The van der Waals surface area contributed by atoms with Crippen LogP contribution < -0.4 is 0 Å². The summed E-state index contributed by atoms with van der Waals surface area (Å²) in [7, 11) is 0. The van der Waals surface area contributed by atoms with Gasteiger partial charge in [0.25, 0.3) is 0 Å². The molecule has 0 fully saturated rings. The molecule has 9 aromatic rings. The van der Waals surface area contributed by atoms with Crippen molar-refractivity contribution < 1.29 is 0 Å². The normalized spacial score (nSPS) is 11.6. The fourth-order valence-corrected chi connectivity index (χ4v) is 16.5. The molecule has 0 N–H and O–H groups in total. The Hall–Kier alpha value is -7.74. The maximum atomic E-state index is 4.20. The maximum absolute atomic E-state index is 4.20. The molecular weight excluding hydrogens is 1820 g/mol. The lowest BCUT2D eigenvalue weighted by atomic mass is 10.0. The molecule has 9 heterocycles. The molecule has 0 unspecified atom stereocenters. The van der Waals surface area contributed by atoms with E-state index in [1.165, 1.54) is 221 Å². The lowest BCUT2D eigenvalue weighted by molar-refractivity contribution is 0.452.